The molecule has 0 aliphatic heterocycles. The lowest BCUT2D eigenvalue weighted by Gasteiger charge is -2.11. The molecule has 9 heteroatoms. The summed E-state index contributed by atoms with van der Waals surface area (Å²) in [5, 5.41) is 5.67. The molecule has 2 atom stereocenters. The Balaban J connectivity index is 1.78. The summed E-state index contributed by atoms with van der Waals surface area (Å²) in [6.45, 7) is 3.45. The van der Waals surface area contributed by atoms with E-state index >= 15 is 0 Å². The smallest absolute Gasteiger partial charge is 0.231 e. The second kappa shape index (κ2) is 8.52. The number of benzene rings is 2. The van der Waals surface area contributed by atoms with Crippen LogP contribution in [-0.2, 0) is 9.59 Å². The average molecular weight is 476 g/mol. The molecule has 152 valence electrons. The molecular weight excluding hydrogens is 461 g/mol. The van der Waals surface area contributed by atoms with Gasteiger partial charge in [0.2, 0.25) is 11.8 Å². The lowest BCUT2D eigenvalue weighted by molar-refractivity contribution is -0.117. The van der Waals surface area contributed by atoms with Crippen molar-refractivity contribution in [3.05, 3.63) is 70.5 Å². The summed E-state index contributed by atoms with van der Waals surface area (Å²) in [4.78, 5) is 24.4. The van der Waals surface area contributed by atoms with Crippen LogP contribution >= 0.6 is 46.4 Å². The van der Waals surface area contributed by atoms with Crippen molar-refractivity contribution < 1.29 is 14.0 Å². The number of carbonyl (C=O) groups is 2. The minimum atomic E-state index is -1.38. The maximum absolute atomic E-state index is 14.7. The first-order valence-corrected chi connectivity index (χ1v) is 10.00. The zero-order valence-corrected chi connectivity index (χ0v) is 17.8. The molecule has 0 spiro atoms. The molecule has 2 amide bonds. The number of amides is 2. The van der Waals surface area contributed by atoms with Crippen LogP contribution in [0, 0.1) is 11.7 Å². The fraction of sp³-hybridized carbons (Fsp3) is 0.200. The number of hydrogen-bond donors (Lipinski definition) is 2. The number of anilines is 2. The van der Waals surface area contributed by atoms with E-state index in [-0.39, 0.29) is 17.8 Å². The highest BCUT2D eigenvalue weighted by molar-refractivity contribution is 6.53. The highest BCUT2D eigenvalue weighted by Crippen LogP contribution is 2.65. The van der Waals surface area contributed by atoms with Gasteiger partial charge >= 0.3 is 0 Å². The number of halogens is 5. The van der Waals surface area contributed by atoms with Crippen molar-refractivity contribution in [2.24, 2.45) is 5.92 Å². The van der Waals surface area contributed by atoms with E-state index in [2.05, 4.69) is 17.2 Å². The van der Waals surface area contributed by atoms with Crippen LogP contribution < -0.4 is 10.6 Å². The molecule has 0 heterocycles. The molecule has 2 aromatic carbocycles. The monoisotopic (exact) mass is 474 g/mol. The normalized spacial score (nSPS) is 19.3. The Bertz CT molecular complexity index is 976. The van der Waals surface area contributed by atoms with Crippen molar-refractivity contribution in [3.63, 3.8) is 0 Å². The third-order valence-electron chi connectivity index (χ3n) is 4.44. The van der Waals surface area contributed by atoms with Crippen LogP contribution in [0.5, 0.6) is 0 Å². The van der Waals surface area contributed by atoms with Crippen molar-refractivity contribution in [1.82, 2.24) is 0 Å². The number of carbonyl (C=O) groups excluding carboxylic acids is 2. The first-order valence-electron chi connectivity index (χ1n) is 8.49. The van der Waals surface area contributed by atoms with Crippen molar-refractivity contribution in [2.45, 2.75) is 16.7 Å². The highest BCUT2D eigenvalue weighted by Gasteiger charge is 2.67. The molecule has 0 aromatic heterocycles. The predicted molar refractivity (Wildman–Crippen MR) is 116 cm³/mol. The molecule has 1 fully saturated rings. The molecule has 2 N–H and O–H groups in total. The number of alkyl halides is 2. The van der Waals surface area contributed by atoms with Crippen LogP contribution in [0.3, 0.4) is 0 Å². The van der Waals surface area contributed by atoms with Gasteiger partial charge in [0.25, 0.3) is 0 Å². The predicted octanol–water partition coefficient (Wildman–Crippen LogP) is 6.17. The van der Waals surface area contributed by atoms with E-state index in [1.54, 1.807) is 18.2 Å². The van der Waals surface area contributed by atoms with Gasteiger partial charge in [-0.2, -0.15) is 0 Å². The van der Waals surface area contributed by atoms with Crippen molar-refractivity contribution in [1.29, 1.82) is 0 Å². The molecule has 1 aliphatic carbocycles. The molecule has 3 rings (SSSR count). The Labute approximate surface area is 187 Å². The Hall–Kier alpha value is -1.79. The van der Waals surface area contributed by atoms with Gasteiger partial charge in [-0.1, -0.05) is 35.3 Å². The molecule has 2 aromatic rings. The van der Waals surface area contributed by atoms with Gasteiger partial charge in [-0.15, -0.1) is 29.8 Å². The number of rotatable bonds is 6. The lowest BCUT2D eigenvalue weighted by Crippen LogP contribution is -2.19. The number of hydrogen-bond acceptors (Lipinski definition) is 2. The van der Waals surface area contributed by atoms with Crippen molar-refractivity contribution in [2.75, 3.05) is 10.6 Å². The van der Waals surface area contributed by atoms with Crippen LogP contribution in [0.25, 0.3) is 0 Å². The molecule has 0 saturated heterocycles. The van der Waals surface area contributed by atoms with E-state index in [0.29, 0.717) is 15.6 Å². The quantitative estimate of drug-likeness (QED) is 0.387. The fourth-order valence-electron chi connectivity index (χ4n) is 3.09. The third-order valence-corrected chi connectivity index (χ3v) is 5.82. The minimum absolute atomic E-state index is 0.0307. The van der Waals surface area contributed by atoms with E-state index in [1.807, 2.05) is 0 Å². The summed E-state index contributed by atoms with van der Waals surface area (Å²) in [6, 6.07) is 9.05. The van der Waals surface area contributed by atoms with Gasteiger partial charge in [0.05, 0.1) is 17.3 Å². The molecule has 1 saturated carbocycles. The zero-order valence-electron chi connectivity index (χ0n) is 14.8. The van der Waals surface area contributed by atoms with E-state index in [4.69, 9.17) is 46.4 Å². The summed E-state index contributed by atoms with van der Waals surface area (Å²) in [5.74, 6) is -3.16. The first-order chi connectivity index (χ1) is 13.6. The standard InChI is InChI=1S/C20H15Cl4FN2O2/c1-2-4-15(28)26-13-5-3-6-14(18(13)25)27-19(29)17-16(20(17,23)24)10-7-11(21)9-12(22)8-10/h2-3,5-9,16-17H,1,4H2,(H,26,28)(H,27,29). The summed E-state index contributed by atoms with van der Waals surface area (Å²) in [7, 11) is 0. The summed E-state index contributed by atoms with van der Waals surface area (Å²) in [5.41, 5.74) is 0.440. The summed E-state index contributed by atoms with van der Waals surface area (Å²) < 4.78 is 13.3. The second-order valence-electron chi connectivity index (χ2n) is 6.53. The Morgan fingerprint density at radius 1 is 1.10 bits per heavy atom. The third kappa shape index (κ3) is 4.69. The van der Waals surface area contributed by atoms with Gasteiger partial charge < -0.3 is 10.6 Å². The molecule has 29 heavy (non-hydrogen) atoms. The van der Waals surface area contributed by atoms with E-state index in [0.717, 1.165) is 0 Å². The first kappa shape index (κ1) is 21.9. The zero-order chi connectivity index (χ0) is 21.3. The van der Waals surface area contributed by atoms with Crippen molar-refractivity contribution >= 4 is 69.6 Å². The van der Waals surface area contributed by atoms with E-state index in [1.165, 1.54) is 24.3 Å². The van der Waals surface area contributed by atoms with Crippen LogP contribution in [-0.4, -0.2) is 16.1 Å². The van der Waals surface area contributed by atoms with E-state index in [9.17, 15) is 14.0 Å². The molecule has 2 unspecified atom stereocenters. The molecule has 0 bridgehead atoms. The second-order valence-corrected chi connectivity index (χ2v) is 8.85. The van der Waals surface area contributed by atoms with Crippen LogP contribution in [0.15, 0.2) is 49.1 Å². The van der Waals surface area contributed by atoms with Crippen LogP contribution in [0.2, 0.25) is 10.0 Å². The lowest BCUT2D eigenvalue weighted by atomic mass is 10.1. The topological polar surface area (TPSA) is 58.2 Å². The Morgan fingerprint density at radius 2 is 1.69 bits per heavy atom. The Kier molecular flexibility index (Phi) is 6.44. The van der Waals surface area contributed by atoms with Crippen LogP contribution in [0.1, 0.15) is 17.9 Å². The summed E-state index contributed by atoms with van der Waals surface area (Å²) >= 11 is 24.6. The van der Waals surface area contributed by atoms with Gasteiger partial charge in [0.15, 0.2) is 5.82 Å². The van der Waals surface area contributed by atoms with Gasteiger partial charge in [-0.25, -0.2) is 4.39 Å². The SMILES string of the molecule is C=CCC(=O)Nc1cccc(NC(=O)C2C(c3cc(Cl)cc(Cl)c3)C2(Cl)Cl)c1F. The highest BCUT2D eigenvalue weighted by atomic mass is 35.5. The maximum atomic E-state index is 14.7. The average Bonchev–Trinajstić information content (AvgIpc) is 3.20. The van der Waals surface area contributed by atoms with Crippen molar-refractivity contribution in [3.8, 4) is 0 Å². The molecule has 4 nitrogen and oxygen atoms in total. The molecule has 0 radical (unpaired) electrons. The molecular formula is C20H15Cl4FN2O2. The van der Waals surface area contributed by atoms with Gasteiger partial charge in [-0.05, 0) is 35.9 Å². The fourth-order valence-corrected chi connectivity index (χ4v) is 4.46. The maximum Gasteiger partial charge on any atom is 0.231 e. The molecule has 1 aliphatic rings. The Morgan fingerprint density at radius 3 is 2.28 bits per heavy atom. The van der Waals surface area contributed by atoms with Gasteiger partial charge in [0, 0.05) is 22.4 Å². The van der Waals surface area contributed by atoms with Crippen LogP contribution in [0.4, 0.5) is 15.8 Å². The van der Waals surface area contributed by atoms with Gasteiger partial charge in [0.1, 0.15) is 4.33 Å². The minimum Gasteiger partial charge on any atom is -0.323 e. The largest absolute Gasteiger partial charge is 0.323 e. The van der Waals surface area contributed by atoms with E-state index < -0.39 is 33.8 Å². The van der Waals surface area contributed by atoms with Gasteiger partial charge in [-0.3, -0.25) is 9.59 Å². The summed E-state index contributed by atoms with van der Waals surface area (Å²) in [6.07, 6.45) is 1.43. The number of nitrogens with one attached hydrogen (secondary N) is 2.